The number of ether oxygens (including phenoxy) is 1. The van der Waals surface area contributed by atoms with Crippen LogP contribution in [0.4, 0.5) is 22.0 Å². The highest BCUT2D eigenvalue weighted by Crippen LogP contribution is 2.24. The first-order chi connectivity index (χ1) is 19.8. The summed E-state index contributed by atoms with van der Waals surface area (Å²) in [6, 6.07) is 13.4. The van der Waals surface area contributed by atoms with Crippen LogP contribution in [0.3, 0.4) is 0 Å². The number of benzene rings is 2. The number of nitrogens with zero attached hydrogens (tertiary/aromatic N) is 2. The van der Waals surface area contributed by atoms with Gasteiger partial charge >= 0.3 is 18.8 Å². The molecule has 0 spiro atoms. The molecule has 2 amide bonds. The molecule has 0 aliphatic carbocycles. The van der Waals surface area contributed by atoms with Gasteiger partial charge in [-0.15, -0.1) is 0 Å². The number of likely N-dealkylation sites (tertiary alicyclic amines) is 2. The third kappa shape index (κ3) is 9.97. The van der Waals surface area contributed by atoms with E-state index < -0.39 is 18.8 Å². The van der Waals surface area contributed by atoms with Crippen molar-refractivity contribution in [2.75, 3.05) is 26.2 Å². The van der Waals surface area contributed by atoms with Crippen molar-refractivity contribution >= 4 is 17.8 Å². The largest absolute Gasteiger partial charge is 0.490 e. The molecule has 2 aliphatic rings. The van der Waals surface area contributed by atoms with Crippen molar-refractivity contribution in [3.05, 3.63) is 65.2 Å². The molecule has 13 heteroatoms. The molecule has 2 N–H and O–H groups in total. The van der Waals surface area contributed by atoms with Crippen molar-refractivity contribution in [3.8, 4) is 5.75 Å². The van der Waals surface area contributed by atoms with Crippen molar-refractivity contribution in [1.29, 1.82) is 0 Å². The number of hydrogen-bond acceptors (Lipinski definition) is 5. The number of hydrogen-bond donors (Lipinski definition) is 2. The number of carboxylic acids is 1. The van der Waals surface area contributed by atoms with E-state index in [-0.39, 0.29) is 24.1 Å². The van der Waals surface area contributed by atoms with Crippen LogP contribution in [0, 0.1) is 5.92 Å². The quantitative estimate of drug-likeness (QED) is 0.426. The highest BCUT2D eigenvalue weighted by atomic mass is 19.4. The second kappa shape index (κ2) is 14.9. The summed E-state index contributed by atoms with van der Waals surface area (Å²) in [7, 11) is 0. The van der Waals surface area contributed by atoms with Gasteiger partial charge in [-0.2, -0.15) is 22.0 Å². The van der Waals surface area contributed by atoms with E-state index in [2.05, 4.69) is 21.9 Å². The Labute approximate surface area is 240 Å². The van der Waals surface area contributed by atoms with Gasteiger partial charge in [0.25, 0.3) is 11.8 Å². The molecule has 0 aromatic heterocycles. The first-order valence-corrected chi connectivity index (χ1v) is 13.6. The van der Waals surface area contributed by atoms with Gasteiger partial charge in [0.1, 0.15) is 5.75 Å². The molecular formula is C29H34F5N3O5. The smallest absolute Gasteiger partial charge is 0.475 e. The van der Waals surface area contributed by atoms with Crippen LogP contribution in [0.1, 0.15) is 58.9 Å². The van der Waals surface area contributed by atoms with Crippen molar-refractivity contribution < 1.29 is 46.2 Å². The Bertz CT molecular complexity index is 1200. The first kappa shape index (κ1) is 32.8. The minimum atomic E-state index is -5.08. The molecule has 0 unspecified atom stereocenters. The lowest BCUT2D eigenvalue weighted by molar-refractivity contribution is -0.192. The zero-order valence-corrected chi connectivity index (χ0v) is 23.1. The second-order valence-electron chi connectivity index (χ2n) is 10.4. The van der Waals surface area contributed by atoms with Gasteiger partial charge in [0.05, 0.1) is 0 Å². The summed E-state index contributed by atoms with van der Waals surface area (Å²) in [4.78, 5) is 38.9. The molecule has 2 aromatic rings. The SMILES string of the molecule is C[C@@H]1CCCN(C2CCN(C(=O)c3ccc(C(=O)NCc4cccc(OC(F)F)c4)cc3)CC2)C1.O=C(O)C(F)(F)F. The Morgan fingerprint density at radius 1 is 1.00 bits per heavy atom. The number of aliphatic carboxylic acids is 1. The fraction of sp³-hybridized carbons (Fsp3) is 0.483. The zero-order valence-electron chi connectivity index (χ0n) is 23.1. The molecule has 0 radical (unpaired) electrons. The molecular weight excluding hydrogens is 565 g/mol. The first-order valence-electron chi connectivity index (χ1n) is 13.6. The monoisotopic (exact) mass is 599 g/mol. The third-order valence-corrected chi connectivity index (χ3v) is 7.17. The maximum absolute atomic E-state index is 13.0. The van der Waals surface area contributed by atoms with Gasteiger partial charge in [0.2, 0.25) is 0 Å². The van der Waals surface area contributed by atoms with E-state index in [0.717, 1.165) is 38.4 Å². The molecule has 230 valence electrons. The fourth-order valence-electron chi connectivity index (χ4n) is 5.05. The summed E-state index contributed by atoms with van der Waals surface area (Å²) in [6.07, 6.45) is -0.504. The molecule has 2 fully saturated rings. The number of piperidine rings is 2. The van der Waals surface area contributed by atoms with Crippen LogP contribution in [0.15, 0.2) is 48.5 Å². The molecule has 2 aliphatic heterocycles. The van der Waals surface area contributed by atoms with Crippen LogP contribution in [0.5, 0.6) is 5.75 Å². The van der Waals surface area contributed by atoms with E-state index in [1.807, 2.05) is 4.90 Å². The zero-order chi connectivity index (χ0) is 30.9. The van der Waals surface area contributed by atoms with Gasteiger partial charge in [-0.05, 0) is 80.1 Å². The predicted molar refractivity (Wildman–Crippen MR) is 143 cm³/mol. The van der Waals surface area contributed by atoms with Crippen molar-refractivity contribution in [1.82, 2.24) is 15.1 Å². The predicted octanol–water partition coefficient (Wildman–Crippen LogP) is 5.19. The number of amides is 2. The Morgan fingerprint density at radius 2 is 1.62 bits per heavy atom. The summed E-state index contributed by atoms with van der Waals surface area (Å²) in [5.41, 5.74) is 1.65. The van der Waals surface area contributed by atoms with Crippen LogP contribution in [0.25, 0.3) is 0 Å². The average Bonchev–Trinajstić information content (AvgIpc) is 2.95. The minimum absolute atomic E-state index is 0.00161. The number of alkyl halides is 5. The molecule has 8 nitrogen and oxygen atoms in total. The van der Waals surface area contributed by atoms with Crippen LogP contribution in [-0.2, 0) is 11.3 Å². The number of rotatable bonds is 7. The molecule has 2 saturated heterocycles. The third-order valence-electron chi connectivity index (χ3n) is 7.17. The summed E-state index contributed by atoms with van der Waals surface area (Å²) in [5.74, 6) is -2.26. The number of carbonyl (C=O) groups is 3. The Morgan fingerprint density at radius 3 is 2.19 bits per heavy atom. The lowest BCUT2D eigenvalue weighted by Crippen LogP contribution is -2.49. The van der Waals surface area contributed by atoms with Crippen molar-refractivity contribution in [2.45, 2.75) is 58.0 Å². The van der Waals surface area contributed by atoms with E-state index in [9.17, 15) is 31.5 Å². The van der Waals surface area contributed by atoms with Gasteiger partial charge in [-0.3, -0.25) is 14.5 Å². The molecule has 2 heterocycles. The second-order valence-corrected chi connectivity index (χ2v) is 10.4. The summed E-state index contributed by atoms with van der Waals surface area (Å²) < 4.78 is 60.9. The van der Waals surface area contributed by atoms with Crippen molar-refractivity contribution in [3.63, 3.8) is 0 Å². The van der Waals surface area contributed by atoms with E-state index >= 15 is 0 Å². The minimum Gasteiger partial charge on any atom is -0.475 e. The highest BCUT2D eigenvalue weighted by Gasteiger charge is 2.38. The summed E-state index contributed by atoms with van der Waals surface area (Å²) in [5, 5.41) is 9.89. The summed E-state index contributed by atoms with van der Waals surface area (Å²) in [6.45, 7) is 3.43. The van der Waals surface area contributed by atoms with E-state index in [1.165, 1.54) is 31.5 Å². The molecule has 1 atom stereocenters. The van der Waals surface area contributed by atoms with Crippen LogP contribution in [0.2, 0.25) is 0 Å². The summed E-state index contributed by atoms with van der Waals surface area (Å²) >= 11 is 0. The standard InChI is InChI=1S/C27H33F2N3O3.C2HF3O2/c1-19-4-3-13-32(18-19)23-11-14-31(15-12-23)26(34)22-9-7-21(8-10-22)25(33)30-17-20-5-2-6-24(16-20)35-27(28)29;3-2(4,5)1(6)7/h2,5-10,16,19,23,27H,3-4,11-15,17-18H2,1H3,(H,30,33);(H,6,7)/t19-;/m1./s1. The lowest BCUT2D eigenvalue weighted by Gasteiger charge is -2.41. The average molecular weight is 600 g/mol. The number of carboxylic acid groups (broad SMARTS) is 1. The van der Waals surface area contributed by atoms with Gasteiger partial charge in [0.15, 0.2) is 0 Å². The molecule has 4 rings (SSSR count). The van der Waals surface area contributed by atoms with Crippen LogP contribution < -0.4 is 10.1 Å². The van der Waals surface area contributed by atoms with E-state index in [1.54, 1.807) is 36.4 Å². The van der Waals surface area contributed by atoms with Crippen LogP contribution >= 0.6 is 0 Å². The van der Waals surface area contributed by atoms with Gasteiger partial charge < -0.3 is 20.1 Å². The number of halogens is 5. The maximum Gasteiger partial charge on any atom is 0.490 e. The molecule has 0 bridgehead atoms. The molecule has 42 heavy (non-hydrogen) atoms. The lowest BCUT2D eigenvalue weighted by atomic mass is 9.95. The Hall–Kier alpha value is -3.74. The van der Waals surface area contributed by atoms with E-state index in [4.69, 9.17) is 9.90 Å². The van der Waals surface area contributed by atoms with Gasteiger partial charge in [-0.1, -0.05) is 19.1 Å². The molecule has 2 aromatic carbocycles. The Balaban J connectivity index is 0.000000616. The number of nitrogens with one attached hydrogen (secondary N) is 1. The topological polar surface area (TPSA) is 99.2 Å². The maximum atomic E-state index is 13.0. The van der Waals surface area contributed by atoms with E-state index in [0.29, 0.717) is 22.7 Å². The normalized spacial score (nSPS) is 18.2. The highest BCUT2D eigenvalue weighted by molar-refractivity contribution is 5.97. The van der Waals surface area contributed by atoms with Crippen LogP contribution in [-0.4, -0.2) is 77.7 Å². The van der Waals surface area contributed by atoms with Crippen molar-refractivity contribution in [2.24, 2.45) is 5.92 Å². The molecule has 0 saturated carbocycles. The Kier molecular flexibility index (Phi) is 11.7. The van der Waals surface area contributed by atoms with Gasteiger partial charge in [-0.25, -0.2) is 4.79 Å². The number of carbonyl (C=O) groups excluding carboxylic acids is 2. The van der Waals surface area contributed by atoms with Gasteiger partial charge in [0, 0.05) is 43.3 Å². The fourth-order valence-corrected chi connectivity index (χ4v) is 5.05.